The topological polar surface area (TPSA) is 33.1 Å². The van der Waals surface area contributed by atoms with Gasteiger partial charge in [0, 0.05) is 11.3 Å². The molecule has 0 radical (unpaired) electrons. The normalized spacial score (nSPS) is 14.4. The molecule has 96 valence electrons. The maximum atomic E-state index is 10.8. The van der Waals surface area contributed by atoms with Crippen LogP contribution in [0.25, 0.3) is 0 Å². The van der Waals surface area contributed by atoms with Crippen LogP contribution in [0, 0.1) is 13.8 Å². The SMILES string of the molecule is CCC(O)(Cc1nc(C)c(C)s1)c1ccccc1. The molecule has 0 fully saturated rings. The van der Waals surface area contributed by atoms with Crippen LogP contribution < -0.4 is 0 Å². The molecule has 0 amide bonds. The van der Waals surface area contributed by atoms with Crippen molar-refractivity contribution in [1.29, 1.82) is 0 Å². The molecule has 0 saturated carbocycles. The van der Waals surface area contributed by atoms with Gasteiger partial charge in [-0.2, -0.15) is 0 Å². The molecule has 1 N–H and O–H groups in total. The van der Waals surface area contributed by atoms with Crippen molar-refractivity contribution in [3.8, 4) is 0 Å². The van der Waals surface area contributed by atoms with Crippen molar-refractivity contribution < 1.29 is 5.11 Å². The second-order valence-corrected chi connectivity index (χ2v) is 5.96. The van der Waals surface area contributed by atoms with Gasteiger partial charge in [0.1, 0.15) is 0 Å². The van der Waals surface area contributed by atoms with Crippen LogP contribution in [0.3, 0.4) is 0 Å². The maximum absolute atomic E-state index is 10.8. The lowest BCUT2D eigenvalue weighted by Gasteiger charge is -2.26. The summed E-state index contributed by atoms with van der Waals surface area (Å²) in [5.74, 6) is 0. The third-order valence-corrected chi connectivity index (χ3v) is 4.49. The summed E-state index contributed by atoms with van der Waals surface area (Å²) in [7, 11) is 0. The lowest BCUT2D eigenvalue weighted by Crippen LogP contribution is -2.27. The lowest BCUT2D eigenvalue weighted by atomic mass is 9.88. The van der Waals surface area contributed by atoms with Crippen LogP contribution in [-0.2, 0) is 12.0 Å². The van der Waals surface area contributed by atoms with Gasteiger partial charge in [0.2, 0.25) is 0 Å². The number of benzene rings is 1. The minimum atomic E-state index is -0.808. The zero-order chi connectivity index (χ0) is 13.2. The summed E-state index contributed by atoms with van der Waals surface area (Å²) in [6.07, 6.45) is 1.28. The molecule has 2 nitrogen and oxygen atoms in total. The molecule has 0 aliphatic rings. The molecule has 1 heterocycles. The smallest absolute Gasteiger partial charge is 0.0963 e. The number of nitrogens with zero attached hydrogens (tertiary/aromatic N) is 1. The molecule has 0 aliphatic heterocycles. The Morgan fingerprint density at radius 2 is 1.89 bits per heavy atom. The summed E-state index contributed by atoms with van der Waals surface area (Å²) in [6, 6.07) is 9.87. The monoisotopic (exact) mass is 261 g/mol. The van der Waals surface area contributed by atoms with Crippen LogP contribution >= 0.6 is 11.3 Å². The van der Waals surface area contributed by atoms with Gasteiger partial charge < -0.3 is 5.11 Å². The number of thiazole rings is 1. The van der Waals surface area contributed by atoms with E-state index in [1.54, 1.807) is 11.3 Å². The highest BCUT2D eigenvalue weighted by atomic mass is 32.1. The molecule has 3 heteroatoms. The Kier molecular flexibility index (Phi) is 3.83. The maximum Gasteiger partial charge on any atom is 0.0963 e. The molecule has 2 rings (SSSR count). The molecule has 1 unspecified atom stereocenters. The zero-order valence-corrected chi connectivity index (χ0v) is 11.9. The Bertz CT molecular complexity index is 501. The molecule has 0 aliphatic carbocycles. The van der Waals surface area contributed by atoms with E-state index in [2.05, 4.69) is 11.9 Å². The van der Waals surface area contributed by atoms with Crippen molar-refractivity contribution in [3.63, 3.8) is 0 Å². The summed E-state index contributed by atoms with van der Waals surface area (Å²) >= 11 is 1.68. The van der Waals surface area contributed by atoms with E-state index < -0.39 is 5.60 Å². The number of hydrogen-bond acceptors (Lipinski definition) is 3. The van der Waals surface area contributed by atoms with Gasteiger partial charge in [-0.05, 0) is 25.8 Å². The second kappa shape index (κ2) is 5.21. The van der Waals surface area contributed by atoms with Crippen molar-refractivity contribution in [3.05, 3.63) is 51.5 Å². The Labute approximate surface area is 112 Å². The third kappa shape index (κ3) is 2.62. The van der Waals surface area contributed by atoms with Gasteiger partial charge in [-0.25, -0.2) is 4.98 Å². The van der Waals surface area contributed by atoms with Crippen LogP contribution in [0.5, 0.6) is 0 Å². The van der Waals surface area contributed by atoms with E-state index in [0.717, 1.165) is 16.3 Å². The van der Waals surface area contributed by atoms with Crippen molar-refractivity contribution in [1.82, 2.24) is 4.98 Å². The summed E-state index contributed by atoms with van der Waals surface area (Å²) in [5, 5.41) is 11.8. The molecular weight excluding hydrogens is 242 g/mol. The average molecular weight is 261 g/mol. The minimum Gasteiger partial charge on any atom is -0.385 e. The predicted octanol–water partition coefficient (Wildman–Crippen LogP) is 3.60. The van der Waals surface area contributed by atoms with E-state index in [1.165, 1.54) is 4.88 Å². The molecule has 1 atom stereocenters. The van der Waals surface area contributed by atoms with Gasteiger partial charge in [0.05, 0.1) is 16.3 Å². The Hall–Kier alpha value is -1.19. The second-order valence-electron chi connectivity index (χ2n) is 4.68. The largest absolute Gasteiger partial charge is 0.385 e. The fourth-order valence-electron chi connectivity index (χ4n) is 2.04. The standard InChI is InChI=1S/C15H19NOS/c1-4-15(17,13-8-6-5-7-9-13)10-14-16-11(2)12(3)18-14/h5-9,17H,4,10H2,1-3H3. The van der Waals surface area contributed by atoms with E-state index in [1.807, 2.05) is 44.2 Å². The van der Waals surface area contributed by atoms with E-state index >= 15 is 0 Å². The molecule has 1 aromatic carbocycles. The highest BCUT2D eigenvalue weighted by Crippen LogP contribution is 2.31. The molecule has 2 aromatic rings. The van der Waals surface area contributed by atoms with Gasteiger partial charge in [-0.3, -0.25) is 0 Å². The number of aryl methyl sites for hydroxylation is 2. The Balaban J connectivity index is 2.28. The summed E-state index contributed by atoms with van der Waals surface area (Å²) in [4.78, 5) is 5.76. The molecule has 0 bridgehead atoms. The van der Waals surface area contributed by atoms with Crippen LogP contribution in [-0.4, -0.2) is 10.1 Å². The van der Waals surface area contributed by atoms with Crippen molar-refractivity contribution in [2.24, 2.45) is 0 Å². The molecule has 0 saturated heterocycles. The predicted molar refractivity (Wildman–Crippen MR) is 75.9 cm³/mol. The van der Waals surface area contributed by atoms with Crippen molar-refractivity contribution >= 4 is 11.3 Å². The average Bonchev–Trinajstić information content (AvgIpc) is 2.69. The van der Waals surface area contributed by atoms with Gasteiger partial charge in [-0.1, -0.05) is 37.3 Å². The fourth-order valence-corrected chi connectivity index (χ4v) is 3.08. The van der Waals surface area contributed by atoms with E-state index in [9.17, 15) is 5.11 Å². The fraction of sp³-hybridized carbons (Fsp3) is 0.400. The number of aromatic nitrogens is 1. The molecular formula is C15H19NOS. The Morgan fingerprint density at radius 3 is 2.39 bits per heavy atom. The minimum absolute atomic E-state index is 0.590. The first kappa shape index (κ1) is 13.2. The van der Waals surface area contributed by atoms with Crippen molar-refractivity contribution in [2.45, 2.75) is 39.2 Å². The van der Waals surface area contributed by atoms with Crippen LogP contribution in [0.4, 0.5) is 0 Å². The van der Waals surface area contributed by atoms with Crippen LogP contribution in [0.15, 0.2) is 30.3 Å². The summed E-state index contributed by atoms with van der Waals surface area (Å²) in [5.41, 5.74) is 1.23. The molecule has 1 aromatic heterocycles. The quantitative estimate of drug-likeness (QED) is 0.912. The van der Waals surface area contributed by atoms with Crippen LogP contribution in [0.1, 0.15) is 34.5 Å². The summed E-state index contributed by atoms with van der Waals surface area (Å²) < 4.78 is 0. The van der Waals surface area contributed by atoms with E-state index in [0.29, 0.717) is 12.8 Å². The Morgan fingerprint density at radius 1 is 1.22 bits per heavy atom. The number of aliphatic hydroxyl groups is 1. The van der Waals surface area contributed by atoms with Gasteiger partial charge >= 0.3 is 0 Å². The third-order valence-electron chi connectivity index (χ3n) is 3.41. The van der Waals surface area contributed by atoms with Gasteiger partial charge in [-0.15, -0.1) is 11.3 Å². The van der Waals surface area contributed by atoms with Crippen molar-refractivity contribution in [2.75, 3.05) is 0 Å². The first-order chi connectivity index (χ1) is 8.55. The molecule has 0 spiro atoms. The van der Waals surface area contributed by atoms with Gasteiger partial charge in [0.15, 0.2) is 0 Å². The first-order valence-electron chi connectivity index (χ1n) is 6.26. The van der Waals surface area contributed by atoms with E-state index in [-0.39, 0.29) is 0 Å². The zero-order valence-electron chi connectivity index (χ0n) is 11.1. The van der Waals surface area contributed by atoms with Crippen LogP contribution in [0.2, 0.25) is 0 Å². The lowest BCUT2D eigenvalue weighted by molar-refractivity contribution is 0.0326. The van der Waals surface area contributed by atoms with Gasteiger partial charge in [0.25, 0.3) is 0 Å². The first-order valence-corrected chi connectivity index (χ1v) is 7.07. The highest BCUT2D eigenvalue weighted by molar-refractivity contribution is 7.11. The van der Waals surface area contributed by atoms with E-state index in [4.69, 9.17) is 0 Å². The summed E-state index contributed by atoms with van der Waals surface area (Å²) in [6.45, 7) is 6.10. The molecule has 18 heavy (non-hydrogen) atoms. The number of rotatable bonds is 4. The number of hydrogen-bond donors (Lipinski definition) is 1. The highest BCUT2D eigenvalue weighted by Gasteiger charge is 2.28.